The third kappa shape index (κ3) is 3.46. The van der Waals surface area contributed by atoms with Gasteiger partial charge in [-0.1, -0.05) is 12.2 Å². The number of Topliss-reactive ketones (excluding diaryl/α,β-unsaturated/α-hetero) is 1. The number of hydrogen-bond donors (Lipinski definition) is 1. The number of ketones is 1. The lowest BCUT2D eigenvalue weighted by Gasteiger charge is -2.32. The van der Waals surface area contributed by atoms with Gasteiger partial charge in [0.2, 0.25) is 11.7 Å². The average Bonchev–Trinajstić information content (AvgIpc) is 3.13. The Labute approximate surface area is 191 Å². The molecule has 2 aliphatic rings. The number of fused-ring (bicyclic) bond motifs is 1. The Balaban J connectivity index is 2.37. The molecule has 1 saturated heterocycles. The third-order valence-electron chi connectivity index (χ3n) is 6.11. The van der Waals surface area contributed by atoms with E-state index in [-0.39, 0.29) is 17.3 Å². The number of ether oxygens (including phenoxy) is 4. The summed E-state index contributed by atoms with van der Waals surface area (Å²) in [6, 6.07) is 3.16. The molecule has 10 heteroatoms. The second-order valence-electron chi connectivity index (χ2n) is 7.65. The van der Waals surface area contributed by atoms with E-state index in [2.05, 4.69) is 6.07 Å². The fourth-order valence-corrected chi connectivity index (χ4v) is 4.67. The predicted octanol–water partition coefficient (Wildman–Crippen LogP) is 1.06. The molecular formula is C23H25N3O7. The lowest BCUT2D eigenvalue weighted by atomic mass is 9.68. The van der Waals surface area contributed by atoms with Crippen LogP contribution in [0.15, 0.2) is 36.1 Å². The molecule has 0 saturated carbocycles. The zero-order valence-corrected chi connectivity index (χ0v) is 18.9. The summed E-state index contributed by atoms with van der Waals surface area (Å²) in [7, 11) is 5.45. The Kier molecular flexibility index (Phi) is 6.35. The van der Waals surface area contributed by atoms with Crippen LogP contribution in [0.1, 0.15) is 18.4 Å². The topological polar surface area (TPSA) is 141 Å². The van der Waals surface area contributed by atoms with Gasteiger partial charge in [0, 0.05) is 17.7 Å². The van der Waals surface area contributed by atoms with Crippen LogP contribution in [-0.2, 0) is 19.1 Å². The molecule has 174 valence electrons. The molecule has 0 aliphatic carbocycles. The monoisotopic (exact) mass is 455 g/mol. The normalized spacial score (nSPS) is 25.4. The van der Waals surface area contributed by atoms with E-state index in [1.54, 1.807) is 18.2 Å². The molecule has 1 aromatic rings. The lowest BCUT2D eigenvalue weighted by molar-refractivity contribution is -0.150. The van der Waals surface area contributed by atoms with Crippen LogP contribution in [0.3, 0.4) is 0 Å². The molecule has 2 N–H and O–H groups in total. The molecule has 2 heterocycles. The van der Waals surface area contributed by atoms with E-state index in [1.165, 1.54) is 52.5 Å². The Bertz CT molecular complexity index is 1080. The number of rotatable bonds is 7. The van der Waals surface area contributed by atoms with E-state index < -0.39 is 35.3 Å². The van der Waals surface area contributed by atoms with Gasteiger partial charge in [-0.05, 0) is 24.6 Å². The Morgan fingerprint density at radius 3 is 2.12 bits per heavy atom. The first kappa shape index (κ1) is 23.7. The van der Waals surface area contributed by atoms with Gasteiger partial charge >= 0.3 is 5.97 Å². The highest BCUT2D eigenvalue weighted by molar-refractivity contribution is 5.97. The van der Waals surface area contributed by atoms with Crippen molar-refractivity contribution in [3.63, 3.8) is 0 Å². The number of carbonyl (C=O) groups excluding carboxylic acids is 3. The van der Waals surface area contributed by atoms with Gasteiger partial charge in [-0.2, -0.15) is 5.26 Å². The highest BCUT2D eigenvalue weighted by Crippen LogP contribution is 2.55. The average molecular weight is 455 g/mol. The van der Waals surface area contributed by atoms with Gasteiger partial charge < -0.3 is 29.6 Å². The van der Waals surface area contributed by atoms with Crippen LogP contribution in [0.4, 0.5) is 0 Å². The number of amides is 1. The Hall–Kier alpha value is -4.00. The van der Waals surface area contributed by atoms with Crippen molar-refractivity contribution in [1.29, 1.82) is 5.26 Å². The quantitative estimate of drug-likeness (QED) is 0.597. The Morgan fingerprint density at radius 2 is 1.70 bits per heavy atom. The van der Waals surface area contributed by atoms with Crippen molar-refractivity contribution >= 4 is 17.7 Å². The number of nitriles is 1. The molecule has 1 amide bonds. The van der Waals surface area contributed by atoms with Gasteiger partial charge in [-0.3, -0.25) is 14.4 Å². The second-order valence-corrected chi connectivity index (χ2v) is 7.65. The number of esters is 1. The van der Waals surface area contributed by atoms with E-state index in [0.717, 1.165) is 0 Å². The molecule has 1 fully saturated rings. The van der Waals surface area contributed by atoms with Gasteiger partial charge in [0.05, 0.1) is 40.6 Å². The number of carbonyl (C=O) groups is 3. The van der Waals surface area contributed by atoms with Gasteiger partial charge in [0.25, 0.3) is 0 Å². The summed E-state index contributed by atoms with van der Waals surface area (Å²) in [5.74, 6) is -2.11. The predicted molar refractivity (Wildman–Crippen MR) is 115 cm³/mol. The van der Waals surface area contributed by atoms with Crippen LogP contribution in [0, 0.1) is 16.7 Å². The van der Waals surface area contributed by atoms with Crippen molar-refractivity contribution in [3.8, 4) is 23.3 Å². The van der Waals surface area contributed by atoms with Crippen molar-refractivity contribution in [2.75, 3.05) is 28.4 Å². The number of primary amides is 1. The fourth-order valence-electron chi connectivity index (χ4n) is 4.67. The first-order valence-corrected chi connectivity index (χ1v) is 9.99. The van der Waals surface area contributed by atoms with E-state index in [4.69, 9.17) is 24.7 Å². The van der Waals surface area contributed by atoms with Crippen molar-refractivity contribution < 1.29 is 33.3 Å². The molecule has 0 spiro atoms. The molecule has 0 radical (unpaired) electrons. The van der Waals surface area contributed by atoms with E-state index in [1.807, 2.05) is 0 Å². The van der Waals surface area contributed by atoms with Gasteiger partial charge in [0.1, 0.15) is 6.04 Å². The molecule has 0 aromatic heterocycles. The summed E-state index contributed by atoms with van der Waals surface area (Å²) in [6.45, 7) is 1.38. The molecule has 4 atom stereocenters. The standard InChI is InChI=1S/C23H25N3O7/c1-12(27)13-6-7-17-23(11-24,22(29)33-5)18(19(21(25)28)26(17)10-13)14-8-15(30-2)20(32-4)16(9-14)31-3/h6-10,17-19H,1-5H3,(H2,25,28)/t17-,18-,19-,23+/m1/s1. The van der Waals surface area contributed by atoms with Crippen LogP contribution < -0.4 is 19.9 Å². The fraction of sp³-hybridized carbons (Fsp3) is 0.391. The summed E-state index contributed by atoms with van der Waals surface area (Å²) >= 11 is 0. The summed E-state index contributed by atoms with van der Waals surface area (Å²) < 4.78 is 21.3. The first-order valence-electron chi connectivity index (χ1n) is 9.99. The summed E-state index contributed by atoms with van der Waals surface area (Å²) in [5, 5.41) is 10.4. The van der Waals surface area contributed by atoms with E-state index in [0.29, 0.717) is 16.9 Å². The van der Waals surface area contributed by atoms with Crippen molar-refractivity contribution in [2.45, 2.75) is 24.9 Å². The largest absolute Gasteiger partial charge is 0.493 e. The van der Waals surface area contributed by atoms with Crippen LogP contribution in [0.25, 0.3) is 0 Å². The second kappa shape index (κ2) is 8.86. The lowest BCUT2D eigenvalue weighted by Crippen LogP contribution is -2.45. The van der Waals surface area contributed by atoms with Crippen molar-refractivity contribution in [3.05, 3.63) is 41.6 Å². The summed E-state index contributed by atoms with van der Waals surface area (Å²) in [5.41, 5.74) is 4.62. The zero-order valence-electron chi connectivity index (χ0n) is 18.9. The molecule has 2 aliphatic heterocycles. The number of nitrogens with zero attached hydrogens (tertiary/aromatic N) is 2. The molecular weight excluding hydrogens is 430 g/mol. The molecule has 33 heavy (non-hydrogen) atoms. The Morgan fingerprint density at radius 1 is 1.09 bits per heavy atom. The van der Waals surface area contributed by atoms with E-state index in [9.17, 15) is 19.6 Å². The maximum absolute atomic E-state index is 13.2. The van der Waals surface area contributed by atoms with Crippen molar-refractivity contribution in [2.24, 2.45) is 11.1 Å². The molecule has 10 nitrogen and oxygen atoms in total. The van der Waals surface area contributed by atoms with Gasteiger partial charge in [-0.25, -0.2) is 0 Å². The number of benzene rings is 1. The summed E-state index contributed by atoms with van der Waals surface area (Å²) in [4.78, 5) is 39.4. The molecule has 0 unspecified atom stereocenters. The third-order valence-corrected chi connectivity index (χ3v) is 6.11. The number of hydrogen-bond acceptors (Lipinski definition) is 9. The maximum Gasteiger partial charge on any atom is 0.329 e. The smallest absolute Gasteiger partial charge is 0.329 e. The number of methoxy groups -OCH3 is 4. The maximum atomic E-state index is 13.2. The SMILES string of the molecule is COC(=O)[C@]1(C#N)[C@H](c2cc(OC)c(OC)c(OC)c2)[C@H](C(N)=O)N2C=C(C(C)=O)C=C[C@@H]21. The highest BCUT2D eigenvalue weighted by Gasteiger charge is 2.66. The molecule has 3 rings (SSSR count). The zero-order chi connectivity index (χ0) is 24.5. The van der Waals surface area contributed by atoms with Crippen LogP contribution in [0.5, 0.6) is 17.2 Å². The number of nitrogens with two attached hydrogens (primary N) is 1. The highest BCUT2D eigenvalue weighted by atomic mass is 16.5. The van der Waals surface area contributed by atoms with Gasteiger partial charge in [-0.15, -0.1) is 0 Å². The molecule has 0 bridgehead atoms. The molecule has 1 aromatic carbocycles. The van der Waals surface area contributed by atoms with Crippen LogP contribution in [0.2, 0.25) is 0 Å². The first-order chi connectivity index (χ1) is 15.7. The number of allylic oxidation sites excluding steroid dienone is 2. The van der Waals surface area contributed by atoms with Crippen LogP contribution in [-0.4, -0.2) is 63.1 Å². The summed E-state index contributed by atoms with van der Waals surface area (Å²) in [6.07, 6.45) is 4.52. The van der Waals surface area contributed by atoms with Crippen LogP contribution >= 0.6 is 0 Å². The van der Waals surface area contributed by atoms with Gasteiger partial charge in [0.15, 0.2) is 22.7 Å². The minimum atomic E-state index is -1.87. The van der Waals surface area contributed by atoms with Crippen molar-refractivity contribution in [1.82, 2.24) is 4.90 Å². The van der Waals surface area contributed by atoms with E-state index >= 15 is 0 Å². The minimum Gasteiger partial charge on any atom is -0.493 e. The minimum absolute atomic E-state index is 0.246.